The fourth-order valence-corrected chi connectivity index (χ4v) is 2.11. The second-order valence-electron chi connectivity index (χ2n) is 4.60. The van der Waals surface area contributed by atoms with Crippen LogP contribution in [0.15, 0.2) is 23.1 Å². The van der Waals surface area contributed by atoms with Gasteiger partial charge in [0.25, 0.3) is 6.43 Å². The van der Waals surface area contributed by atoms with Crippen molar-refractivity contribution in [2.45, 2.75) is 33.2 Å². The van der Waals surface area contributed by atoms with Gasteiger partial charge in [-0.25, -0.2) is 8.78 Å². The molecule has 2 aromatic heterocycles. The van der Waals surface area contributed by atoms with Gasteiger partial charge in [0, 0.05) is 34.7 Å². The molecule has 19 heavy (non-hydrogen) atoms. The van der Waals surface area contributed by atoms with Crippen LogP contribution in [-0.4, -0.2) is 14.8 Å². The number of halogens is 3. The largest absolute Gasteiger partial charge is 0.269 e. The molecule has 0 aliphatic rings. The Morgan fingerprint density at radius 1 is 1.26 bits per heavy atom. The van der Waals surface area contributed by atoms with Gasteiger partial charge >= 0.3 is 0 Å². The molecule has 0 radical (unpaired) electrons. The molecule has 0 unspecified atom stereocenters. The number of rotatable bonds is 3. The number of hydrogen-bond acceptors (Lipinski definition) is 2. The van der Waals surface area contributed by atoms with Gasteiger partial charge in [0.1, 0.15) is 5.69 Å². The smallest absolute Gasteiger partial charge is 0.267 e. The van der Waals surface area contributed by atoms with Crippen LogP contribution in [0.5, 0.6) is 0 Å². The van der Waals surface area contributed by atoms with Crippen molar-refractivity contribution >= 4 is 15.9 Å². The third-order valence-electron chi connectivity index (χ3n) is 2.93. The highest BCUT2D eigenvalue weighted by atomic mass is 79.9. The van der Waals surface area contributed by atoms with E-state index in [-0.39, 0.29) is 11.6 Å². The lowest BCUT2D eigenvalue weighted by molar-refractivity contribution is 0.152. The van der Waals surface area contributed by atoms with Crippen LogP contribution < -0.4 is 0 Å². The van der Waals surface area contributed by atoms with Crippen molar-refractivity contribution in [1.29, 1.82) is 0 Å². The third kappa shape index (κ3) is 2.68. The van der Waals surface area contributed by atoms with Gasteiger partial charge in [-0.05, 0) is 42.3 Å². The summed E-state index contributed by atoms with van der Waals surface area (Å²) in [6.07, 6.45) is 2.06. The summed E-state index contributed by atoms with van der Waals surface area (Å²) in [5, 5.41) is 4.28. The van der Waals surface area contributed by atoms with Crippen LogP contribution in [0.1, 0.15) is 37.4 Å². The van der Waals surface area contributed by atoms with Crippen LogP contribution in [-0.2, 0) is 0 Å². The fourth-order valence-electron chi connectivity index (χ4n) is 1.78. The molecule has 0 aliphatic carbocycles. The van der Waals surface area contributed by atoms with Crippen LogP contribution in [0, 0.1) is 6.92 Å². The summed E-state index contributed by atoms with van der Waals surface area (Å²) in [6.45, 7) is 5.65. The highest BCUT2D eigenvalue weighted by molar-refractivity contribution is 9.10. The van der Waals surface area contributed by atoms with Crippen LogP contribution in [0.2, 0.25) is 0 Å². The normalized spacial score (nSPS) is 11.6. The van der Waals surface area contributed by atoms with Gasteiger partial charge in [-0.15, -0.1) is 0 Å². The summed E-state index contributed by atoms with van der Waals surface area (Å²) in [6, 6.07) is 0.0340. The monoisotopic (exact) mass is 329 g/mol. The van der Waals surface area contributed by atoms with Crippen molar-refractivity contribution < 1.29 is 8.78 Å². The van der Waals surface area contributed by atoms with E-state index in [4.69, 9.17) is 0 Å². The highest BCUT2D eigenvalue weighted by Crippen LogP contribution is 2.34. The molecule has 0 amide bonds. The van der Waals surface area contributed by atoms with Crippen molar-refractivity contribution in [3.05, 3.63) is 34.2 Å². The molecule has 0 saturated carbocycles. The molecule has 2 rings (SSSR count). The average molecular weight is 330 g/mol. The molecule has 2 heterocycles. The van der Waals surface area contributed by atoms with Crippen LogP contribution in [0.3, 0.4) is 0 Å². The molecule has 0 N–H and O–H groups in total. The molecule has 0 spiro atoms. The van der Waals surface area contributed by atoms with Crippen molar-refractivity contribution in [2.75, 3.05) is 0 Å². The number of alkyl halides is 2. The maximum absolute atomic E-state index is 13.1. The van der Waals surface area contributed by atoms with Crippen LogP contribution >= 0.6 is 15.9 Å². The summed E-state index contributed by atoms with van der Waals surface area (Å²) in [4.78, 5) is 4.03. The first kappa shape index (κ1) is 14.1. The Kier molecular flexibility index (Phi) is 3.99. The zero-order valence-electron chi connectivity index (χ0n) is 10.9. The molecule has 6 heteroatoms. The Balaban J connectivity index is 2.63. The molecule has 3 nitrogen and oxygen atoms in total. The quantitative estimate of drug-likeness (QED) is 0.827. The molecule has 0 bridgehead atoms. The minimum Gasteiger partial charge on any atom is -0.269 e. The number of hydrogen-bond donors (Lipinski definition) is 0. The summed E-state index contributed by atoms with van der Waals surface area (Å²) < 4.78 is 28.6. The van der Waals surface area contributed by atoms with E-state index in [1.807, 2.05) is 20.8 Å². The molecule has 0 aliphatic heterocycles. The summed E-state index contributed by atoms with van der Waals surface area (Å²) >= 11 is 3.36. The standard InChI is InChI=1S/C13H14BrF2N3/c1-7(2)19-6-10(13(15)16)12(18-19)9-4-17-5-11(14)8(9)3/h4-7,13H,1-3H3. The van der Waals surface area contributed by atoms with E-state index >= 15 is 0 Å². The SMILES string of the molecule is Cc1c(Br)cncc1-c1nn(C(C)C)cc1C(F)F. The predicted octanol–water partition coefficient (Wildman–Crippen LogP) is 4.53. The maximum atomic E-state index is 13.1. The molecule has 0 fully saturated rings. The fraction of sp³-hybridized carbons (Fsp3) is 0.385. The lowest BCUT2D eigenvalue weighted by Gasteiger charge is -2.06. The van der Waals surface area contributed by atoms with E-state index in [1.165, 1.54) is 6.20 Å². The van der Waals surface area contributed by atoms with E-state index in [0.29, 0.717) is 11.3 Å². The first-order chi connectivity index (χ1) is 8.91. The molecule has 102 valence electrons. The zero-order valence-corrected chi connectivity index (χ0v) is 12.4. The van der Waals surface area contributed by atoms with Gasteiger partial charge in [-0.2, -0.15) is 5.10 Å². The molecular formula is C13H14BrF2N3. The summed E-state index contributed by atoms with van der Waals surface area (Å²) in [5.74, 6) is 0. The Morgan fingerprint density at radius 2 is 1.95 bits per heavy atom. The van der Waals surface area contributed by atoms with Gasteiger partial charge in [-0.1, -0.05) is 0 Å². The molecule has 0 aromatic carbocycles. The second-order valence-corrected chi connectivity index (χ2v) is 5.46. The third-order valence-corrected chi connectivity index (χ3v) is 3.73. The van der Waals surface area contributed by atoms with Crippen LogP contribution in [0.25, 0.3) is 11.3 Å². The molecular weight excluding hydrogens is 316 g/mol. The maximum Gasteiger partial charge on any atom is 0.267 e. The number of aromatic nitrogens is 3. The van der Waals surface area contributed by atoms with Crippen molar-refractivity contribution in [3.63, 3.8) is 0 Å². The second kappa shape index (κ2) is 5.36. The van der Waals surface area contributed by atoms with Crippen LogP contribution in [0.4, 0.5) is 8.78 Å². The van der Waals surface area contributed by atoms with E-state index < -0.39 is 6.43 Å². The lowest BCUT2D eigenvalue weighted by atomic mass is 10.1. The Morgan fingerprint density at radius 3 is 2.53 bits per heavy atom. The average Bonchev–Trinajstić information content (AvgIpc) is 2.77. The molecule has 2 aromatic rings. The van der Waals surface area contributed by atoms with Crippen molar-refractivity contribution in [1.82, 2.24) is 14.8 Å². The van der Waals surface area contributed by atoms with Gasteiger partial charge < -0.3 is 0 Å². The first-order valence-corrected chi connectivity index (χ1v) is 6.68. The van der Waals surface area contributed by atoms with Gasteiger partial charge in [0.15, 0.2) is 0 Å². The zero-order chi connectivity index (χ0) is 14.2. The predicted molar refractivity (Wildman–Crippen MR) is 73.2 cm³/mol. The minimum absolute atomic E-state index is 0.0340. The van der Waals surface area contributed by atoms with Crippen molar-refractivity contribution in [3.8, 4) is 11.3 Å². The number of nitrogens with zero attached hydrogens (tertiary/aromatic N) is 3. The van der Waals surface area contributed by atoms with Gasteiger partial charge in [0.05, 0.1) is 5.56 Å². The van der Waals surface area contributed by atoms with E-state index in [0.717, 1.165) is 10.0 Å². The first-order valence-electron chi connectivity index (χ1n) is 5.89. The van der Waals surface area contributed by atoms with E-state index in [2.05, 4.69) is 26.0 Å². The minimum atomic E-state index is -2.55. The van der Waals surface area contributed by atoms with Crippen molar-refractivity contribution in [2.24, 2.45) is 0 Å². The Bertz CT molecular complexity index is 594. The summed E-state index contributed by atoms with van der Waals surface area (Å²) in [7, 11) is 0. The van der Waals surface area contributed by atoms with E-state index in [1.54, 1.807) is 17.1 Å². The molecule has 0 saturated heterocycles. The topological polar surface area (TPSA) is 30.7 Å². The molecule has 0 atom stereocenters. The highest BCUT2D eigenvalue weighted by Gasteiger charge is 2.21. The van der Waals surface area contributed by atoms with Gasteiger partial charge in [0.2, 0.25) is 0 Å². The van der Waals surface area contributed by atoms with E-state index in [9.17, 15) is 8.78 Å². The summed E-state index contributed by atoms with van der Waals surface area (Å²) in [5.41, 5.74) is 1.72. The Hall–Kier alpha value is -1.30. The Labute approximate surface area is 118 Å². The number of pyridine rings is 1. The van der Waals surface area contributed by atoms with Gasteiger partial charge in [-0.3, -0.25) is 9.67 Å². The lowest BCUT2D eigenvalue weighted by Crippen LogP contribution is -2.01.